The van der Waals surface area contributed by atoms with Gasteiger partial charge in [-0.25, -0.2) is 9.86 Å². The van der Waals surface area contributed by atoms with Crippen LogP contribution < -0.4 is 0 Å². The summed E-state index contributed by atoms with van der Waals surface area (Å²) in [4.78, 5) is 45.6. The van der Waals surface area contributed by atoms with Crippen LogP contribution in [0.15, 0.2) is 0 Å². The van der Waals surface area contributed by atoms with Gasteiger partial charge in [0.25, 0.3) is 0 Å². The average molecular weight is 398 g/mol. The topological polar surface area (TPSA) is 79.4 Å². The lowest BCUT2D eigenvalue weighted by Crippen LogP contribution is -2.46. The van der Waals surface area contributed by atoms with Crippen molar-refractivity contribution in [3.8, 4) is 0 Å². The second kappa shape index (κ2) is 9.69. The van der Waals surface area contributed by atoms with E-state index in [1.54, 1.807) is 18.9 Å². The molecule has 2 heterocycles. The van der Waals surface area contributed by atoms with Gasteiger partial charge in [0.05, 0.1) is 0 Å². The Morgan fingerprint density at radius 2 is 1.50 bits per heavy atom. The average Bonchev–Trinajstić information content (AvgIpc) is 2.64. The Labute approximate surface area is 168 Å². The Kier molecular flexibility index (Phi) is 7.83. The molecule has 0 N–H and O–H groups in total. The van der Waals surface area contributed by atoms with E-state index in [-0.39, 0.29) is 29.6 Å². The Bertz CT molecular complexity index is 559. The minimum atomic E-state index is -0.517. The molecule has 8 nitrogen and oxygen atoms in total. The van der Waals surface area contributed by atoms with Crippen LogP contribution in [-0.4, -0.2) is 78.2 Å². The van der Waals surface area contributed by atoms with Crippen molar-refractivity contribution in [2.75, 3.05) is 40.0 Å². The Hall–Kier alpha value is -1.67. The van der Waals surface area contributed by atoms with Gasteiger partial charge in [0, 0.05) is 45.1 Å². The highest BCUT2D eigenvalue weighted by molar-refractivity contribution is 5.78. The molecule has 2 aliphatic rings. The van der Waals surface area contributed by atoms with E-state index in [0.717, 1.165) is 25.9 Å². The van der Waals surface area contributed by atoms with Gasteiger partial charge < -0.3 is 9.64 Å². The number of ether oxygens (including phenoxy) is 1. The SMILES string of the molecule is CC(=O)C1CCN(CON(C)C(=O)C2CCN(C(=O)OC(C)(C)C)CC2)CC1. The van der Waals surface area contributed by atoms with Gasteiger partial charge >= 0.3 is 6.09 Å². The van der Waals surface area contributed by atoms with Gasteiger partial charge in [-0.05, 0) is 53.4 Å². The maximum atomic E-state index is 12.6. The summed E-state index contributed by atoms with van der Waals surface area (Å²) in [7, 11) is 1.64. The molecular weight excluding hydrogens is 362 g/mol. The molecule has 2 saturated heterocycles. The van der Waals surface area contributed by atoms with E-state index in [1.165, 1.54) is 5.06 Å². The van der Waals surface area contributed by atoms with Gasteiger partial charge in [0.1, 0.15) is 18.1 Å². The Morgan fingerprint density at radius 3 is 2.00 bits per heavy atom. The first-order chi connectivity index (χ1) is 13.1. The standard InChI is InChI=1S/C20H35N3O5/c1-15(24)16-6-10-22(11-7-16)14-27-21(5)18(25)17-8-12-23(13-9-17)19(26)28-20(2,3)4/h16-17H,6-14H2,1-5H3. The van der Waals surface area contributed by atoms with Crippen molar-refractivity contribution in [1.29, 1.82) is 0 Å². The van der Waals surface area contributed by atoms with Crippen LogP contribution in [0.3, 0.4) is 0 Å². The number of Topliss-reactive ketones (excluding diaryl/α,β-unsaturated/α-hetero) is 1. The number of likely N-dealkylation sites (tertiary alicyclic amines) is 2. The number of rotatable bonds is 5. The predicted octanol–water partition coefficient (Wildman–Crippen LogP) is 2.28. The van der Waals surface area contributed by atoms with E-state index in [0.29, 0.717) is 32.7 Å². The Morgan fingerprint density at radius 1 is 0.964 bits per heavy atom. The second-order valence-corrected chi connectivity index (χ2v) is 8.84. The van der Waals surface area contributed by atoms with Crippen molar-refractivity contribution in [2.45, 2.75) is 59.0 Å². The number of carbonyl (C=O) groups excluding carboxylic acids is 3. The summed E-state index contributed by atoms with van der Waals surface area (Å²) in [6, 6.07) is 0. The van der Waals surface area contributed by atoms with Crippen LogP contribution in [0.1, 0.15) is 53.4 Å². The third kappa shape index (κ3) is 6.74. The van der Waals surface area contributed by atoms with Gasteiger partial charge in [0.2, 0.25) is 5.91 Å². The molecule has 0 bridgehead atoms. The van der Waals surface area contributed by atoms with Gasteiger partial charge in [-0.2, -0.15) is 0 Å². The van der Waals surface area contributed by atoms with E-state index in [2.05, 4.69) is 4.90 Å². The zero-order valence-electron chi connectivity index (χ0n) is 17.9. The van der Waals surface area contributed by atoms with Crippen LogP contribution >= 0.6 is 0 Å². The molecule has 0 atom stereocenters. The summed E-state index contributed by atoms with van der Waals surface area (Å²) in [6.45, 7) is 10.2. The highest BCUT2D eigenvalue weighted by Crippen LogP contribution is 2.22. The van der Waals surface area contributed by atoms with Gasteiger partial charge in [0.15, 0.2) is 0 Å². The number of carbonyl (C=O) groups is 3. The number of hydrogen-bond donors (Lipinski definition) is 0. The van der Waals surface area contributed by atoms with E-state index in [4.69, 9.17) is 9.57 Å². The molecule has 160 valence electrons. The smallest absolute Gasteiger partial charge is 0.410 e. The third-order valence-electron chi connectivity index (χ3n) is 5.40. The first kappa shape index (κ1) is 22.6. The lowest BCUT2D eigenvalue weighted by molar-refractivity contribution is -0.200. The fourth-order valence-corrected chi connectivity index (χ4v) is 3.59. The van der Waals surface area contributed by atoms with Crippen molar-refractivity contribution < 1.29 is 24.0 Å². The lowest BCUT2D eigenvalue weighted by Gasteiger charge is -2.35. The van der Waals surface area contributed by atoms with E-state index in [9.17, 15) is 14.4 Å². The molecule has 0 aromatic rings. The van der Waals surface area contributed by atoms with Gasteiger partial charge in [-0.3, -0.25) is 19.3 Å². The molecule has 8 heteroatoms. The molecule has 28 heavy (non-hydrogen) atoms. The summed E-state index contributed by atoms with van der Waals surface area (Å²) in [5.74, 6) is 0.214. The third-order valence-corrected chi connectivity index (χ3v) is 5.40. The van der Waals surface area contributed by atoms with Crippen molar-refractivity contribution in [1.82, 2.24) is 14.9 Å². The van der Waals surface area contributed by atoms with Crippen LogP contribution in [-0.2, 0) is 19.2 Å². The maximum absolute atomic E-state index is 12.6. The van der Waals surface area contributed by atoms with Gasteiger partial charge in [-0.1, -0.05) is 0 Å². The minimum Gasteiger partial charge on any atom is -0.444 e. The first-order valence-corrected chi connectivity index (χ1v) is 10.2. The quantitative estimate of drug-likeness (QED) is 0.662. The summed E-state index contributed by atoms with van der Waals surface area (Å²) in [5.41, 5.74) is -0.517. The van der Waals surface area contributed by atoms with Crippen LogP contribution in [0.5, 0.6) is 0 Å². The molecule has 0 unspecified atom stereocenters. The number of piperidine rings is 2. The van der Waals surface area contributed by atoms with Crippen molar-refractivity contribution in [3.63, 3.8) is 0 Å². The van der Waals surface area contributed by atoms with E-state index < -0.39 is 5.60 Å². The first-order valence-electron chi connectivity index (χ1n) is 10.2. The molecule has 0 spiro atoms. The molecule has 0 aromatic carbocycles. The number of hydrogen-bond acceptors (Lipinski definition) is 6. The number of hydroxylamine groups is 2. The predicted molar refractivity (Wildman–Crippen MR) is 104 cm³/mol. The molecular formula is C20H35N3O5. The van der Waals surface area contributed by atoms with Crippen LogP contribution in [0.25, 0.3) is 0 Å². The zero-order valence-corrected chi connectivity index (χ0v) is 17.9. The highest BCUT2D eigenvalue weighted by atomic mass is 16.7. The lowest BCUT2D eigenvalue weighted by atomic mass is 9.94. The van der Waals surface area contributed by atoms with Crippen LogP contribution in [0.2, 0.25) is 0 Å². The van der Waals surface area contributed by atoms with Gasteiger partial charge in [-0.15, -0.1) is 0 Å². The Balaban J connectivity index is 1.70. The highest BCUT2D eigenvalue weighted by Gasteiger charge is 2.32. The van der Waals surface area contributed by atoms with Crippen molar-refractivity contribution >= 4 is 17.8 Å². The molecule has 2 aliphatic heterocycles. The minimum absolute atomic E-state index is 0.0533. The zero-order chi connectivity index (χ0) is 20.9. The molecule has 0 aliphatic carbocycles. The largest absolute Gasteiger partial charge is 0.444 e. The number of nitrogens with zero attached hydrogens (tertiary/aromatic N) is 3. The fraction of sp³-hybridized carbons (Fsp3) is 0.850. The molecule has 2 fully saturated rings. The second-order valence-electron chi connectivity index (χ2n) is 8.84. The summed E-state index contributed by atoms with van der Waals surface area (Å²) in [6.07, 6.45) is 2.59. The molecule has 0 radical (unpaired) electrons. The summed E-state index contributed by atoms with van der Waals surface area (Å²) in [5, 5.41) is 1.32. The maximum Gasteiger partial charge on any atom is 0.410 e. The fourth-order valence-electron chi connectivity index (χ4n) is 3.59. The molecule has 2 rings (SSSR count). The van der Waals surface area contributed by atoms with Crippen LogP contribution in [0.4, 0.5) is 4.79 Å². The van der Waals surface area contributed by atoms with Crippen LogP contribution in [0, 0.1) is 11.8 Å². The molecule has 0 saturated carbocycles. The summed E-state index contributed by atoms with van der Waals surface area (Å²) >= 11 is 0. The number of amides is 2. The number of ketones is 1. The monoisotopic (exact) mass is 397 g/mol. The molecule has 0 aromatic heterocycles. The van der Waals surface area contributed by atoms with Crippen molar-refractivity contribution in [3.05, 3.63) is 0 Å². The summed E-state index contributed by atoms with van der Waals surface area (Å²) < 4.78 is 5.39. The molecule has 2 amide bonds. The van der Waals surface area contributed by atoms with Crippen molar-refractivity contribution in [2.24, 2.45) is 11.8 Å². The van der Waals surface area contributed by atoms with E-state index in [1.807, 2.05) is 20.8 Å². The van der Waals surface area contributed by atoms with E-state index >= 15 is 0 Å². The normalized spacial score (nSPS) is 20.1.